The second kappa shape index (κ2) is 5.03. The molecular weight excluding hydrogens is 232 g/mol. The third kappa shape index (κ3) is 2.97. The highest BCUT2D eigenvalue weighted by Crippen LogP contribution is 2.25. The van der Waals surface area contributed by atoms with Gasteiger partial charge >= 0.3 is 0 Å². The molecule has 18 heavy (non-hydrogen) atoms. The van der Waals surface area contributed by atoms with Crippen LogP contribution in [0.25, 0.3) is 0 Å². The summed E-state index contributed by atoms with van der Waals surface area (Å²) in [4.78, 5) is 16.4. The highest BCUT2D eigenvalue weighted by Gasteiger charge is 2.27. The second-order valence-corrected chi connectivity index (χ2v) is 4.44. The van der Waals surface area contributed by atoms with Crippen LogP contribution in [-0.2, 0) is 6.54 Å². The van der Waals surface area contributed by atoms with Crippen LogP contribution in [0.4, 0.5) is 5.69 Å². The van der Waals surface area contributed by atoms with Gasteiger partial charge < -0.3 is 10.6 Å². The molecule has 1 aliphatic carbocycles. The first-order chi connectivity index (χ1) is 8.58. The van der Waals surface area contributed by atoms with E-state index in [2.05, 4.69) is 4.99 Å². The van der Waals surface area contributed by atoms with E-state index in [4.69, 9.17) is 5.73 Å². The van der Waals surface area contributed by atoms with E-state index in [-0.39, 0.29) is 5.69 Å². The number of guanidine groups is 1. The molecule has 2 N–H and O–H groups in total. The Labute approximate surface area is 105 Å². The Morgan fingerprint density at radius 1 is 1.61 bits per heavy atom. The summed E-state index contributed by atoms with van der Waals surface area (Å²) in [6, 6.07) is 6.96. The van der Waals surface area contributed by atoms with E-state index in [1.165, 1.54) is 12.1 Å². The molecule has 0 aliphatic heterocycles. The maximum absolute atomic E-state index is 10.6. The van der Waals surface area contributed by atoms with Crippen LogP contribution in [0.3, 0.4) is 0 Å². The number of hydrogen-bond donors (Lipinski definition) is 1. The maximum Gasteiger partial charge on any atom is 0.269 e. The third-order valence-electron chi connectivity index (χ3n) is 3.00. The molecule has 1 saturated carbocycles. The lowest BCUT2D eigenvalue weighted by molar-refractivity contribution is -0.384. The van der Waals surface area contributed by atoms with Crippen LogP contribution in [0, 0.1) is 10.1 Å². The Hall–Kier alpha value is -2.11. The summed E-state index contributed by atoms with van der Waals surface area (Å²) >= 11 is 0. The number of nitro groups is 1. The zero-order chi connectivity index (χ0) is 13.1. The summed E-state index contributed by atoms with van der Waals surface area (Å²) in [6.07, 6.45) is 2.31. The standard InChI is InChI=1S/C12H16N4O2/c1-15(10-5-6-10)12(13)14-8-9-3-2-4-11(7-9)16(17)18/h2-4,7,10H,5-6,8H2,1H3,(H2,13,14). The largest absolute Gasteiger partial charge is 0.370 e. The van der Waals surface area contributed by atoms with E-state index in [9.17, 15) is 10.1 Å². The summed E-state index contributed by atoms with van der Waals surface area (Å²) in [5.41, 5.74) is 6.71. The highest BCUT2D eigenvalue weighted by molar-refractivity contribution is 5.78. The molecule has 0 aromatic heterocycles. The molecule has 0 heterocycles. The summed E-state index contributed by atoms with van der Waals surface area (Å²) in [5.74, 6) is 0.490. The SMILES string of the molecule is CN(C(N)=NCc1cccc([N+](=O)[O-])c1)C1CC1. The maximum atomic E-state index is 10.6. The van der Waals surface area contributed by atoms with E-state index in [1.54, 1.807) is 12.1 Å². The summed E-state index contributed by atoms with van der Waals surface area (Å²) in [5, 5.41) is 10.6. The van der Waals surface area contributed by atoms with Crippen LogP contribution >= 0.6 is 0 Å². The normalized spacial score (nSPS) is 15.5. The number of benzene rings is 1. The molecule has 1 fully saturated rings. The van der Waals surface area contributed by atoms with Crippen LogP contribution < -0.4 is 5.73 Å². The topological polar surface area (TPSA) is 84.8 Å². The van der Waals surface area contributed by atoms with E-state index in [0.29, 0.717) is 18.5 Å². The monoisotopic (exact) mass is 248 g/mol. The molecule has 0 unspecified atom stereocenters. The van der Waals surface area contributed by atoms with Crippen LogP contribution in [0.5, 0.6) is 0 Å². The Kier molecular flexibility index (Phi) is 3.45. The Morgan fingerprint density at radius 3 is 2.94 bits per heavy atom. The fourth-order valence-electron chi connectivity index (χ4n) is 1.70. The van der Waals surface area contributed by atoms with Gasteiger partial charge in [-0.25, -0.2) is 4.99 Å². The number of nitro benzene ring substituents is 1. The van der Waals surface area contributed by atoms with Gasteiger partial charge in [0.05, 0.1) is 11.5 Å². The minimum absolute atomic E-state index is 0.0804. The lowest BCUT2D eigenvalue weighted by Gasteiger charge is -2.16. The van der Waals surface area contributed by atoms with Gasteiger partial charge in [-0.15, -0.1) is 0 Å². The van der Waals surface area contributed by atoms with Gasteiger partial charge in [0.1, 0.15) is 0 Å². The number of hydrogen-bond acceptors (Lipinski definition) is 3. The first kappa shape index (κ1) is 12.3. The van der Waals surface area contributed by atoms with Crippen molar-refractivity contribution < 1.29 is 4.92 Å². The molecule has 1 aromatic rings. The van der Waals surface area contributed by atoms with Crippen LogP contribution in [0.15, 0.2) is 29.3 Å². The van der Waals surface area contributed by atoms with Crippen molar-refractivity contribution in [1.82, 2.24) is 4.90 Å². The van der Waals surface area contributed by atoms with E-state index < -0.39 is 4.92 Å². The number of nitrogens with two attached hydrogens (primary N) is 1. The molecule has 0 atom stereocenters. The Morgan fingerprint density at radius 2 is 2.33 bits per heavy atom. The molecule has 0 radical (unpaired) electrons. The molecule has 6 nitrogen and oxygen atoms in total. The van der Waals surface area contributed by atoms with Crippen molar-refractivity contribution in [3.8, 4) is 0 Å². The molecule has 96 valence electrons. The minimum atomic E-state index is -0.410. The van der Waals surface area contributed by atoms with Crippen molar-refractivity contribution in [2.75, 3.05) is 7.05 Å². The van der Waals surface area contributed by atoms with Gasteiger partial charge in [-0.3, -0.25) is 10.1 Å². The number of rotatable bonds is 4. The molecule has 0 saturated heterocycles. The van der Waals surface area contributed by atoms with Gasteiger partial charge in [0.15, 0.2) is 5.96 Å². The number of nitrogens with zero attached hydrogens (tertiary/aromatic N) is 3. The molecular formula is C12H16N4O2. The summed E-state index contributed by atoms with van der Waals surface area (Å²) in [6.45, 7) is 0.366. The lowest BCUT2D eigenvalue weighted by atomic mass is 10.2. The van der Waals surface area contributed by atoms with Gasteiger partial charge in [-0.1, -0.05) is 12.1 Å². The number of aliphatic imine (C=N–C) groups is 1. The third-order valence-corrected chi connectivity index (χ3v) is 3.00. The van der Waals surface area contributed by atoms with Crippen molar-refractivity contribution >= 4 is 11.6 Å². The van der Waals surface area contributed by atoms with E-state index >= 15 is 0 Å². The van der Waals surface area contributed by atoms with Crippen molar-refractivity contribution in [3.05, 3.63) is 39.9 Å². The summed E-state index contributed by atoms with van der Waals surface area (Å²) < 4.78 is 0. The zero-order valence-electron chi connectivity index (χ0n) is 10.2. The number of non-ortho nitro benzene ring substituents is 1. The highest BCUT2D eigenvalue weighted by atomic mass is 16.6. The van der Waals surface area contributed by atoms with E-state index in [0.717, 1.165) is 18.4 Å². The van der Waals surface area contributed by atoms with Crippen LogP contribution in [0.1, 0.15) is 18.4 Å². The van der Waals surface area contributed by atoms with Crippen molar-refractivity contribution in [3.63, 3.8) is 0 Å². The fraction of sp³-hybridized carbons (Fsp3) is 0.417. The second-order valence-electron chi connectivity index (χ2n) is 4.44. The Balaban J connectivity index is 2.02. The smallest absolute Gasteiger partial charge is 0.269 e. The first-order valence-corrected chi connectivity index (χ1v) is 5.84. The van der Waals surface area contributed by atoms with Gasteiger partial charge in [0.2, 0.25) is 0 Å². The minimum Gasteiger partial charge on any atom is -0.370 e. The molecule has 0 bridgehead atoms. The van der Waals surface area contributed by atoms with Gasteiger partial charge in [-0.05, 0) is 18.4 Å². The molecule has 1 aromatic carbocycles. The molecule has 1 aliphatic rings. The van der Waals surface area contributed by atoms with Gasteiger partial charge in [0.25, 0.3) is 5.69 Å². The fourth-order valence-corrected chi connectivity index (χ4v) is 1.70. The van der Waals surface area contributed by atoms with Crippen molar-refractivity contribution in [2.24, 2.45) is 10.7 Å². The van der Waals surface area contributed by atoms with Crippen molar-refractivity contribution in [1.29, 1.82) is 0 Å². The predicted octanol–water partition coefficient (Wildman–Crippen LogP) is 1.50. The zero-order valence-corrected chi connectivity index (χ0v) is 10.2. The molecule has 6 heteroatoms. The molecule has 0 amide bonds. The van der Waals surface area contributed by atoms with Gasteiger partial charge in [0, 0.05) is 25.2 Å². The molecule has 0 spiro atoms. The molecule has 2 rings (SSSR count). The quantitative estimate of drug-likeness (QED) is 0.379. The van der Waals surface area contributed by atoms with E-state index in [1.807, 2.05) is 11.9 Å². The average molecular weight is 248 g/mol. The lowest BCUT2D eigenvalue weighted by Crippen LogP contribution is -2.35. The van der Waals surface area contributed by atoms with Crippen LogP contribution in [0.2, 0.25) is 0 Å². The van der Waals surface area contributed by atoms with Gasteiger partial charge in [-0.2, -0.15) is 0 Å². The Bertz CT molecular complexity index is 483. The predicted molar refractivity (Wildman–Crippen MR) is 69.2 cm³/mol. The van der Waals surface area contributed by atoms with Crippen molar-refractivity contribution in [2.45, 2.75) is 25.4 Å². The average Bonchev–Trinajstić information content (AvgIpc) is 3.19. The first-order valence-electron chi connectivity index (χ1n) is 5.84. The summed E-state index contributed by atoms with van der Waals surface area (Å²) in [7, 11) is 1.92. The van der Waals surface area contributed by atoms with Crippen LogP contribution in [-0.4, -0.2) is 28.9 Å².